The van der Waals surface area contributed by atoms with Crippen molar-refractivity contribution in [2.45, 2.75) is 52.4 Å². The van der Waals surface area contributed by atoms with Crippen LogP contribution in [0, 0.1) is 13.8 Å². The van der Waals surface area contributed by atoms with Gasteiger partial charge in [-0.2, -0.15) is 4.31 Å². The first kappa shape index (κ1) is 25.7. The van der Waals surface area contributed by atoms with E-state index in [1.54, 1.807) is 18.2 Å². The van der Waals surface area contributed by atoms with Crippen LogP contribution >= 0.6 is 0 Å². The van der Waals surface area contributed by atoms with Crippen molar-refractivity contribution in [2.75, 3.05) is 42.1 Å². The number of nitrogens with one attached hydrogen (secondary N) is 3. The molecule has 0 bridgehead atoms. The Morgan fingerprint density at radius 2 is 1.66 bits per heavy atom. The Morgan fingerprint density at radius 3 is 2.31 bits per heavy atom. The van der Waals surface area contributed by atoms with E-state index < -0.39 is 10.0 Å². The van der Waals surface area contributed by atoms with Crippen LogP contribution in [0.15, 0.2) is 41.3 Å². The Labute approximate surface area is 192 Å². The number of carbonyl (C=O) groups is 1. The number of hydrogen-bond acceptors (Lipinski definition) is 5. The summed E-state index contributed by atoms with van der Waals surface area (Å²) in [6, 6.07) is 10.8. The maximum atomic E-state index is 13.0. The standard InChI is InChI=1S/C24H36N4O3S/c1-6-9-15-25-22-14-13-20(32(30,31)28(7-2)8-3)16-23(22)26-17-24(29)27-21-12-10-11-18(4)19(21)5/h10-14,16,25-26H,6-9,15,17H2,1-5H3,(H,27,29). The van der Waals surface area contributed by atoms with Gasteiger partial charge in [-0.25, -0.2) is 8.42 Å². The van der Waals surface area contributed by atoms with Gasteiger partial charge in [-0.05, 0) is 55.7 Å². The average molecular weight is 461 g/mol. The van der Waals surface area contributed by atoms with Crippen molar-refractivity contribution >= 4 is 33.0 Å². The van der Waals surface area contributed by atoms with Gasteiger partial charge in [0.25, 0.3) is 0 Å². The highest BCUT2D eigenvalue weighted by molar-refractivity contribution is 7.89. The fourth-order valence-electron chi connectivity index (χ4n) is 3.35. The smallest absolute Gasteiger partial charge is 0.243 e. The summed E-state index contributed by atoms with van der Waals surface area (Å²) < 4.78 is 27.4. The van der Waals surface area contributed by atoms with E-state index in [0.717, 1.165) is 41.9 Å². The molecular formula is C24H36N4O3S. The minimum atomic E-state index is -3.60. The fraction of sp³-hybridized carbons (Fsp3) is 0.458. The molecule has 0 aromatic heterocycles. The molecule has 0 aliphatic heterocycles. The number of hydrogen-bond donors (Lipinski definition) is 3. The molecule has 176 valence electrons. The topological polar surface area (TPSA) is 90.5 Å². The monoisotopic (exact) mass is 460 g/mol. The van der Waals surface area contributed by atoms with Gasteiger partial charge >= 0.3 is 0 Å². The van der Waals surface area contributed by atoms with Crippen molar-refractivity contribution in [3.8, 4) is 0 Å². The summed E-state index contributed by atoms with van der Waals surface area (Å²) >= 11 is 0. The van der Waals surface area contributed by atoms with Crippen LogP contribution in [0.3, 0.4) is 0 Å². The van der Waals surface area contributed by atoms with Gasteiger partial charge in [-0.3, -0.25) is 4.79 Å². The normalized spacial score (nSPS) is 11.4. The van der Waals surface area contributed by atoms with Crippen molar-refractivity contribution in [3.63, 3.8) is 0 Å². The number of nitrogens with zero attached hydrogens (tertiary/aromatic N) is 1. The number of carbonyl (C=O) groups excluding carboxylic acids is 1. The third-order valence-electron chi connectivity index (χ3n) is 5.50. The summed E-state index contributed by atoms with van der Waals surface area (Å²) in [5, 5.41) is 9.39. The lowest BCUT2D eigenvalue weighted by Crippen LogP contribution is -2.30. The highest BCUT2D eigenvalue weighted by atomic mass is 32.2. The van der Waals surface area contributed by atoms with Crippen molar-refractivity contribution in [1.82, 2.24) is 4.31 Å². The van der Waals surface area contributed by atoms with Gasteiger partial charge in [0.2, 0.25) is 15.9 Å². The zero-order valence-electron chi connectivity index (χ0n) is 19.8. The fourth-order valence-corrected chi connectivity index (χ4v) is 4.84. The third kappa shape index (κ3) is 6.46. The van der Waals surface area contributed by atoms with Gasteiger partial charge < -0.3 is 16.0 Å². The summed E-state index contributed by atoms with van der Waals surface area (Å²) in [5.41, 5.74) is 4.26. The Balaban J connectivity index is 2.24. The molecule has 0 saturated heterocycles. The van der Waals surface area contributed by atoms with Crippen molar-refractivity contribution < 1.29 is 13.2 Å². The van der Waals surface area contributed by atoms with E-state index in [0.29, 0.717) is 18.8 Å². The van der Waals surface area contributed by atoms with Crippen LogP contribution in [0.1, 0.15) is 44.7 Å². The second-order valence-corrected chi connectivity index (χ2v) is 9.66. The van der Waals surface area contributed by atoms with Crippen LogP contribution in [0.2, 0.25) is 0 Å². The number of unbranched alkanes of at least 4 members (excludes halogenated alkanes) is 1. The largest absolute Gasteiger partial charge is 0.383 e. The Bertz CT molecular complexity index is 1020. The first-order valence-electron chi connectivity index (χ1n) is 11.2. The minimum absolute atomic E-state index is 0.0185. The van der Waals surface area contributed by atoms with Gasteiger partial charge in [0.05, 0.1) is 22.8 Å². The van der Waals surface area contributed by atoms with Gasteiger partial charge in [0.1, 0.15) is 0 Å². The molecule has 0 spiro atoms. The van der Waals surface area contributed by atoms with Gasteiger partial charge in [0.15, 0.2) is 0 Å². The maximum Gasteiger partial charge on any atom is 0.243 e. The molecule has 0 aliphatic rings. The first-order chi connectivity index (χ1) is 15.2. The van der Waals surface area contributed by atoms with E-state index in [4.69, 9.17) is 0 Å². The molecule has 8 heteroatoms. The van der Waals surface area contributed by atoms with Gasteiger partial charge in [0, 0.05) is 25.3 Å². The number of anilines is 3. The second-order valence-electron chi connectivity index (χ2n) is 7.73. The van der Waals surface area contributed by atoms with Crippen molar-refractivity contribution in [1.29, 1.82) is 0 Å². The van der Waals surface area contributed by atoms with Crippen molar-refractivity contribution in [3.05, 3.63) is 47.5 Å². The van der Waals surface area contributed by atoms with Crippen LogP contribution in [0.25, 0.3) is 0 Å². The van der Waals surface area contributed by atoms with Gasteiger partial charge in [-0.15, -0.1) is 0 Å². The number of aryl methyl sites for hydroxylation is 1. The molecule has 7 nitrogen and oxygen atoms in total. The summed E-state index contributed by atoms with van der Waals surface area (Å²) in [4.78, 5) is 12.8. The number of benzene rings is 2. The molecule has 2 rings (SSSR count). The highest BCUT2D eigenvalue weighted by Gasteiger charge is 2.22. The van der Waals surface area contributed by atoms with Crippen LogP contribution in [-0.2, 0) is 14.8 Å². The zero-order valence-corrected chi connectivity index (χ0v) is 20.6. The molecule has 2 aromatic rings. The second kappa shape index (κ2) is 11.9. The molecule has 0 radical (unpaired) electrons. The number of rotatable bonds is 12. The maximum absolute atomic E-state index is 13.0. The highest BCUT2D eigenvalue weighted by Crippen LogP contribution is 2.27. The van der Waals surface area contributed by atoms with Crippen LogP contribution in [-0.4, -0.2) is 44.8 Å². The van der Waals surface area contributed by atoms with E-state index in [1.807, 2.05) is 45.9 Å². The van der Waals surface area contributed by atoms with Crippen LogP contribution in [0.5, 0.6) is 0 Å². The number of sulfonamides is 1. The Morgan fingerprint density at radius 1 is 0.938 bits per heavy atom. The molecule has 0 saturated carbocycles. The van der Waals surface area contributed by atoms with Crippen molar-refractivity contribution in [2.24, 2.45) is 0 Å². The van der Waals surface area contributed by atoms with E-state index in [-0.39, 0.29) is 17.3 Å². The summed E-state index contributed by atoms with van der Waals surface area (Å²) in [5.74, 6) is -0.199. The van der Waals surface area contributed by atoms with Crippen LogP contribution in [0.4, 0.5) is 17.1 Å². The SMILES string of the molecule is CCCCNc1ccc(S(=O)(=O)N(CC)CC)cc1NCC(=O)Nc1cccc(C)c1C. The molecule has 0 aliphatic carbocycles. The molecule has 0 unspecified atom stereocenters. The lowest BCUT2D eigenvalue weighted by atomic mass is 10.1. The molecule has 1 amide bonds. The van der Waals surface area contributed by atoms with Crippen LogP contribution < -0.4 is 16.0 Å². The molecule has 32 heavy (non-hydrogen) atoms. The lowest BCUT2D eigenvalue weighted by molar-refractivity contribution is -0.114. The predicted octanol–water partition coefficient (Wildman–Crippen LogP) is 4.60. The minimum Gasteiger partial charge on any atom is -0.383 e. The summed E-state index contributed by atoms with van der Waals surface area (Å²) in [7, 11) is -3.60. The molecule has 0 atom stereocenters. The molecule has 3 N–H and O–H groups in total. The third-order valence-corrected chi connectivity index (χ3v) is 7.54. The summed E-state index contributed by atoms with van der Waals surface area (Å²) in [6.07, 6.45) is 2.04. The number of amides is 1. The lowest BCUT2D eigenvalue weighted by Gasteiger charge is -2.20. The van der Waals surface area contributed by atoms with E-state index in [2.05, 4.69) is 22.9 Å². The quantitative estimate of drug-likeness (QED) is 0.403. The van der Waals surface area contributed by atoms with E-state index >= 15 is 0 Å². The first-order valence-corrected chi connectivity index (χ1v) is 12.7. The Kier molecular flexibility index (Phi) is 9.53. The van der Waals surface area contributed by atoms with E-state index in [9.17, 15) is 13.2 Å². The molecule has 0 fully saturated rings. The van der Waals surface area contributed by atoms with Gasteiger partial charge in [-0.1, -0.05) is 39.3 Å². The molecule has 2 aromatic carbocycles. The molecule has 0 heterocycles. The zero-order chi connectivity index (χ0) is 23.7. The van der Waals surface area contributed by atoms with E-state index in [1.165, 1.54) is 4.31 Å². The Hall–Kier alpha value is -2.58. The predicted molar refractivity (Wildman–Crippen MR) is 133 cm³/mol. The summed E-state index contributed by atoms with van der Waals surface area (Å²) in [6.45, 7) is 11.3. The molecular weight excluding hydrogens is 424 g/mol. The average Bonchev–Trinajstić information content (AvgIpc) is 2.76.